The molecule has 1 unspecified atom stereocenters. The van der Waals surface area contributed by atoms with Crippen molar-refractivity contribution in [3.63, 3.8) is 0 Å². The normalized spacial score (nSPS) is 24.0. The van der Waals surface area contributed by atoms with Gasteiger partial charge in [-0.3, -0.25) is 5.10 Å². The Bertz CT molecular complexity index is 471. The van der Waals surface area contributed by atoms with Crippen LogP contribution in [0.4, 0.5) is 0 Å². The lowest BCUT2D eigenvalue weighted by Gasteiger charge is -2.28. The molecule has 0 spiro atoms. The van der Waals surface area contributed by atoms with Crippen molar-refractivity contribution in [2.45, 2.75) is 30.7 Å². The molecule has 18 heavy (non-hydrogen) atoms. The van der Waals surface area contributed by atoms with E-state index < -0.39 is 10.0 Å². The first-order chi connectivity index (χ1) is 8.55. The minimum absolute atomic E-state index is 0.0393. The summed E-state index contributed by atoms with van der Waals surface area (Å²) in [5.41, 5.74) is 0. The molecule has 0 aliphatic carbocycles. The van der Waals surface area contributed by atoms with Crippen molar-refractivity contribution in [3.8, 4) is 0 Å². The Balaban J connectivity index is 2.30. The summed E-state index contributed by atoms with van der Waals surface area (Å²) in [6, 6.07) is 0.0393. The topological polar surface area (TPSA) is 69.3 Å². The van der Waals surface area contributed by atoms with Crippen molar-refractivity contribution in [3.05, 3.63) is 12.4 Å². The van der Waals surface area contributed by atoms with Crippen LogP contribution >= 0.6 is 0 Å². The molecule has 0 bridgehead atoms. The van der Waals surface area contributed by atoms with Crippen LogP contribution in [-0.4, -0.2) is 60.5 Å². The van der Waals surface area contributed by atoms with Gasteiger partial charge in [0.1, 0.15) is 4.90 Å². The highest BCUT2D eigenvalue weighted by Crippen LogP contribution is 2.21. The summed E-state index contributed by atoms with van der Waals surface area (Å²) in [5, 5.41) is 6.30. The summed E-state index contributed by atoms with van der Waals surface area (Å²) < 4.78 is 26.7. The van der Waals surface area contributed by atoms with Crippen molar-refractivity contribution >= 4 is 10.0 Å². The Labute approximate surface area is 108 Å². The highest BCUT2D eigenvalue weighted by atomic mass is 32.2. The van der Waals surface area contributed by atoms with Crippen molar-refractivity contribution in [2.24, 2.45) is 0 Å². The molecule has 2 heterocycles. The molecular weight excluding hydrogens is 252 g/mol. The second-order valence-corrected chi connectivity index (χ2v) is 6.62. The number of likely N-dealkylation sites (N-methyl/N-ethyl adjacent to an activating group) is 1. The SMILES string of the molecule is CCC1CN(C)CCCN1S(=O)(=O)c1cn[nH]c1. The minimum Gasteiger partial charge on any atom is -0.305 e. The van der Waals surface area contributed by atoms with E-state index in [9.17, 15) is 8.42 Å². The third-order valence-electron chi connectivity index (χ3n) is 3.40. The van der Waals surface area contributed by atoms with E-state index in [2.05, 4.69) is 15.1 Å². The van der Waals surface area contributed by atoms with Gasteiger partial charge in [-0.25, -0.2) is 8.42 Å². The Hall–Kier alpha value is -0.920. The average Bonchev–Trinajstić information content (AvgIpc) is 2.80. The van der Waals surface area contributed by atoms with Crippen LogP contribution in [0.25, 0.3) is 0 Å². The predicted octanol–water partition coefficient (Wildman–Crippen LogP) is 0.515. The maximum atomic E-state index is 12.5. The zero-order valence-corrected chi connectivity index (χ0v) is 11.7. The van der Waals surface area contributed by atoms with E-state index in [4.69, 9.17) is 0 Å². The summed E-state index contributed by atoms with van der Waals surface area (Å²) >= 11 is 0. The fraction of sp³-hybridized carbons (Fsp3) is 0.727. The van der Waals surface area contributed by atoms with Crippen LogP contribution in [0.3, 0.4) is 0 Å². The van der Waals surface area contributed by atoms with Crippen molar-refractivity contribution in [1.29, 1.82) is 0 Å². The fourth-order valence-electron chi connectivity index (χ4n) is 2.39. The minimum atomic E-state index is -3.41. The van der Waals surface area contributed by atoms with E-state index in [0.29, 0.717) is 6.54 Å². The standard InChI is InChI=1S/C11H20N4O2S/c1-3-10-9-14(2)5-4-6-15(10)18(16,17)11-7-12-13-8-11/h7-8,10H,3-6,9H2,1-2H3,(H,12,13). The molecule has 1 aliphatic heterocycles. The number of hydrogen-bond donors (Lipinski definition) is 1. The first-order valence-corrected chi connectivity index (χ1v) is 7.69. The molecule has 0 radical (unpaired) electrons. The maximum absolute atomic E-state index is 12.5. The molecule has 1 atom stereocenters. The average molecular weight is 272 g/mol. The number of rotatable bonds is 3. The van der Waals surface area contributed by atoms with Gasteiger partial charge >= 0.3 is 0 Å². The van der Waals surface area contributed by atoms with E-state index in [0.717, 1.165) is 25.9 Å². The zero-order chi connectivity index (χ0) is 13.2. The molecule has 6 nitrogen and oxygen atoms in total. The second-order valence-electron chi connectivity index (χ2n) is 4.73. The molecule has 1 fully saturated rings. The first kappa shape index (κ1) is 13.5. The van der Waals surface area contributed by atoms with Crippen molar-refractivity contribution in [2.75, 3.05) is 26.7 Å². The summed E-state index contributed by atoms with van der Waals surface area (Å²) in [6.45, 7) is 4.33. The Morgan fingerprint density at radius 2 is 2.28 bits per heavy atom. The van der Waals surface area contributed by atoms with E-state index in [1.807, 2.05) is 14.0 Å². The highest BCUT2D eigenvalue weighted by Gasteiger charge is 2.33. The first-order valence-electron chi connectivity index (χ1n) is 6.25. The van der Waals surface area contributed by atoms with Gasteiger partial charge in [0.05, 0.1) is 6.20 Å². The van der Waals surface area contributed by atoms with Crippen LogP contribution in [0.15, 0.2) is 17.3 Å². The van der Waals surface area contributed by atoms with Crippen LogP contribution in [-0.2, 0) is 10.0 Å². The van der Waals surface area contributed by atoms with E-state index in [-0.39, 0.29) is 10.9 Å². The van der Waals surface area contributed by atoms with Crippen LogP contribution in [0.1, 0.15) is 19.8 Å². The summed E-state index contributed by atoms with van der Waals surface area (Å²) in [6.07, 6.45) is 4.50. The molecule has 1 N–H and O–H groups in total. The van der Waals surface area contributed by atoms with Gasteiger partial charge in [0.25, 0.3) is 0 Å². The van der Waals surface area contributed by atoms with Gasteiger partial charge in [0.2, 0.25) is 10.0 Å². The number of nitrogens with one attached hydrogen (secondary N) is 1. The quantitative estimate of drug-likeness (QED) is 0.870. The number of hydrogen-bond acceptors (Lipinski definition) is 4. The number of nitrogens with zero attached hydrogens (tertiary/aromatic N) is 3. The van der Waals surface area contributed by atoms with E-state index in [1.54, 1.807) is 4.31 Å². The fourth-order valence-corrected chi connectivity index (χ4v) is 4.02. The van der Waals surface area contributed by atoms with Crippen molar-refractivity contribution < 1.29 is 8.42 Å². The molecular formula is C11H20N4O2S. The third kappa shape index (κ3) is 2.57. The summed E-state index contributed by atoms with van der Waals surface area (Å²) in [5.74, 6) is 0. The number of aromatic amines is 1. The molecule has 0 aromatic carbocycles. The molecule has 7 heteroatoms. The van der Waals surface area contributed by atoms with Crippen LogP contribution in [0.5, 0.6) is 0 Å². The van der Waals surface area contributed by atoms with Gasteiger partial charge in [-0.1, -0.05) is 6.92 Å². The maximum Gasteiger partial charge on any atom is 0.246 e. The zero-order valence-electron chi connectivity index (χ0n) is 10.8. The molecule has 1 aromatic heterocycles. The Morgan fingerprint density at radius 3 is 2.89 bits per heavy atom. The largest absolute Gasteiger partial charge is 0.305 e. The van der Waals surface area contributed by atoms with Gasteiger partial charge in [-0.2, -0.15) is 9.40 Å². The predicted molar refractivity (Wildman–Crippen MR) is 68.7 cm³/mol. The molecule has 1 aliphatic rings. The third-order valence-corrected chi connectivity index (χ3v) is 5.32. The van der Waals surface area contributed by atoms with Gasteiger partial charge in [-0.05, 0) is 26.4 Å². The monoisotopic (exact) mass is 272 g/mol. The lowest BCUT2D eigenvalue weighted by molar-refractivity contribution is 0.270. The molecule has 1 saturated heterocycles. The molecule has 102 valence electrons. The summed E-state index contributed by atoms with van der Waals surface area (Å²) in [7, 11) is -1.38. The Morgan fingerprint density at radius 1 is 1.50 bits per heavy atom. The van der Waals surface area contributed by atoms with Gasteiger partial charge in [-0.15, -0.1) is 0 Å². The van der Waals surface area contributed by atoms with Gasteiger partial charge in [0.15, 0.2) is 0 Å². The highest BCUT2D eigenvalue weighted by molar-refractivity contribution is 7.89. The van der Waals surface area contributed by atoms with Gasteiger partial charge < -0.3 is 4.90 Å². The second kappa shape index (κ2) is 5.38. The van der Waals surface area contributed by atoms with Gasteiger partial charge in [0, 0.05) is 25.3 Å². The molecule has 1 aromatic rings. The lowest BCUT2D eigenvalue weighted by Crippen LogP contribution is -2.43. The van der Waals surface area contributed by atoms with Crippen LogP contribution in [0, 0.1) is 0 Å². The summed E-state index contributed by atoms with van der Waals surface area (Å²) in [4.78, 5) is 2.45. The molecule has 0 saturated carbocycles. The molecule has 2 rings (SSSR count). The molecule has 0 amide bonds. The van der Waals surface area contributed by atoms with Crippen LogP contribution < -0.4 is 0 Å². The number of H-pyrrole nitrogens is 1. The van der Waals surface area contributed by atoms with Crippen molar-refractivity contribution in [1.82, 2.24) is 19.4 Å². The Kier molecular flexibility index (Phi) is 4.04. The lowest BCUT2D eigenvalue weighted by atomic mass is 10.2. The smallest absolute Gasteiger partial charge is 0.246 e. The number of aromatic nitrogens is 2. The van der Waals surface area contributed by atoms with Crippen LogP contribution in [0.2, 0.25) is 0 Å². The van der Waals surface area contributed by atoms with E-state index >= 15 is 0 Å². The number of sulfonamides is 1. The van der Waals surface area contributed by atoms with E-state index in [1.165, 1.54) is 12.4 Å².